The average Bonchev–Trinajstić information content (AvgIpc) is 3.35. The van der Waals surface area contributed by atoms with Gasteiger partial charge in [0.25, 0.3) is 0 Å². The summed E-state index contributed by atoms with van der Waals surface area (Å²) >= 11 is 0. The summed E-state index contributed by atoms with van der Waals surface area (Å²) < 4.78 is 14.5. The monoisotopic (exact) mass is 395 g/mol. The van der Waals surface area contributed by atoms with Crippen LogP contribution in [0.2, 0.25) is 0 Å². The van der Waals surface area contributed by atoms with Gasteiger partial charge in [0, 0.05) is 43.9 Å². The van der Waals surface area contributed by atoms with E-state index >= 15 is 0 Å². The normalized spacial score (nSPS) is 20.8. The first-order valence-corrected chi connectivity index (χ1v) is 10.3. The molecule has 1 aromatic carbocycles. The average molecular weight is 395 g/mol. The highest BCUT2D eigenvalue weighted by Crippen LogP contribution is 2.41. The van der Waals surface area contributed by atoms with E-state index in [0.717, 1.165) is 31.2 Å². The summed E-state index contributed by atoms with van der Waals surface area (Å²) in [5, 5.41) is 3.04. The van der Waals surface area contributed by atoms with E-state index in [-0.39, 0.29) is 35.4 Å². The third-order valence-electron chi connectivity index (χ3n) is 6.29. The van der Waals surface area contributed by atoms with E-state index < -0.39 is 0 Å². The van der Waals surface area contributed by atoms with Gasteiger partial charge >= 0.3 is 0 Å². The first kappa shape index (κ1) is 19.6. The fourth-order valence-electron chi connectivity index (χ4n) is 4.70. The van der Waals surface area contributed by atoms with E-state index in [1.54, 1.807) is 23.4 Å². The minimum atomic E-state index is -0.363. The fraction of sp³-hybridized carbons (Fsp3) is 0.435. The Morgan fingerprint density at radius 2 is 2.00 bits per heavy atom. The Morgan fingerprint density at radius 3 is 2.72 bits per heavy atom. The Balaban J connectivity index is 1.39. The van der Waals surface area contributed by atoms with Gasteiger partial charge in [-0.25, -0.2) is 4.39 Å². The summed E-state index contributed by atoms with van der Waals surface area (Å²) in [7, 11) is 0. The van der Waals surface area contributed by atoms with Crippen LogP contribution >= 0.6 is 0 Å². The second-order valence-corrected chi connectivity index (χ2v) is 8.22. The highest BCUT2D eigenvalue weighted by molar-refractivity contribution is 5.89. The fourth-order valence-corrected chi connectivity index (χ4v) is 4.70. The zero-order valence-electron chi connectivity index (χ0n) is 16.4. The Morgan fingerprint density at radius 1 is 1.21 bits per heavy atom. The molecule has 1 N–H and O–H groups in total. The molecule has 2 aliphatic rings. The number of rotatable bonds is 6. The van der Waals surface area contributed by atoms with Crippen molar-refractivity contribution in [2.24, 2.45) is 5.92 Å². The maximum Gasteiger partial charge on any atom is 0.225 e. The molecule has 1 aliphatic carbocycles. The van der Waals surface area contributed by atoms with Crippen LogP contribution in [0.4, 0.5) is 4.39 Å². The van der Waals surface area contributed by atoms with Gasteiger partial charge in [-0.15, -0.1) is 0 Å². The molecule has 29 heavy (non-hydrogen) atoms. The molecule has 2 aromatic rings. The number of benzene rings is 1. The smallest absolute Gasteiger partial charge is 0.225 e. The van der Waals surface area contributed by atoms with E-state index in [4.69, 9.17) is 0 Å². The van der Waals surface area contributed by atoms with Crippen molar-refractivity contribution in [1.29, 1.82) is 0 Å². The standard InChI is InChI=1S/C23H26FN3O2/c24-20-8-2-1-7-19(20)23(9-3-4-10-23)16-26-22(29)18-12-21(28)27(15-18)14-17-6-5-11-25-13-17/h1-2,5-8,11,13,18H,3-4,9-10,12,14-16H2,(H,26,29). The molecular weight excluding hydrogens is 369 g/mol. The van der Waals surface area contributed by atoms with E-state index in [1.807, 2.05) is 24.3 Å². The third-order valence-corrected chi connectivity index (χ3v) is 6.29. The molecule has 1 aromatic heterocycles. The van der Waals surface area contributed by atoms with Gasteiger partial charge < -0.3 is 10.2 Å². The second kappa shape index (κ2) is 8.31. The quantitative estimate of drug-likeness (QED) is 0.817. The van der Waals surface area contributed by atoms with Gasteiger partial charge in [-0.3, -0.25) is 14.6 Å². The van der Waals surface area contributed by atoms with Crippen molar-refractivity contribution in [3.8, 4) is 0 Å². The number of nitrogens with zero attached hydrogens (tertiary/aromatic N) is 2. The Kier molecular flexibility index (Phi) is 5.60. The molecule has 5 nitrogen and oxygen atoms in total. The zero-order chi connectivity index (χ0) is 20.3. The Labute approximate surface area is 170 Å². The van der Waals surface area contributed by atoms with E-state index in [9.17, 15) is 14.0 Å². The van der Waals surface area contributed by atoms with Crippen molar-refractivity contribution >= 4 is 11.8 Å². The third kappa shape index (κ3) is 4.16. The van der Waals surface area contributed by atoms with Crippen molar-refractivity contribution in [2.75, 3.05) is 13.1 Å². The number of aromatic nitrogens is 1. The molecule has 2 amide bonds. The van der Waals surface area contributed by atoms with Crippen molar-refractivity contribution in [1.82, 2.24) is 15.2 Å². The number of hydrogen-bond acceptors (Lipinski definition) is 3. The predicted molar refractivity (Wildman–Crippen MR) is 107 cm³/mol. The minimum Gasteiger partial charge on any atom is -0.355 e. The molecule has 0 radical (unpaired) electrons. The SMILES string of the molecule is O=C(NCC1(c2ccccc2F)CCCC1)C1CC(=O)N(Cc2cccnc2)C1. The highest BCUT2D eigenvalue weighted by Gasteiger charge is 2.39. The zero-order valence-corrected chi connectivity index (χ0v) is 16.4. The lowest BCUT2D eigenvalue weighted by Crippen LogP contribution is -2.42. The van der Waals surface area contributed by atoms with Gasteiger partial charge in [0.1, 0.15) is 5.82 Å². The topological polar surface area (TPSA) is 62.3 Å². The number of carbonyl (C=O) groups excluding carboxylic acids is 2. The van der Waals surface area contributed by atoms with E-state index in [2.05, 4.69) is 10.3 Å². The van der Waals surface area contributed by atoms with Crippen LogP contribution < -0.4 is 5.32 Å². The van der Waals surface area contributed by atoms with Gasteiger partial charge in [0.15, 0.2) is 0 Å². The van der Waals surface area contributed by atoms with Crippen molar-refractivity contribution < 1.29 is 14.0 Å². The molecule has 2 fully saturated rings. The molecule has 4 rings (SSSR count). The molecule has 1 aliphatic heterocycles. The van der Waals surface area contributed by atoms with Gasteiger partial charge in [0.05, 0.1) is 5.92 Å². The van der Waals surface area contributed by atoms with Crippen LogP contribution in [0.3, 0.4) is 0 Å². The van der Waals surface area contributed by atoms with Crippen LogP contribution in [-0.2, 0) is 21.5 Å². The summed E-state index contributed by atoms with van der Waals surface area (Å²) in [6, 6.07) is 10.6. The van der Waals surface area contributed by atoms with Gasteiger partial charge in [0.2, 0.25) is 11.8 Å². The molecular formula is C23H26FN3O2. The Bertz CT molecular complexity index is 881. The molecule has 1 unspecified atom stereocenters. The lowest BCUT2D eigenvalue weighted by atomic mass is 9.78. The summed E-state index contributed by atoms with van der Waals surface area (Å²) in [6.07, 6.45) is 7.45. The minimum absolute atomic E-state index is 0.0151. The number of halogens is 1. The largest absolute Gasteiger partial charge is 0.355 e. The molecule has 0 spiro atoms. The lowest BCUT2D eigenvalue weighted by Gasteiger charge is -2.30. The summed E-state index contributed by atoms with van der Waals surface area (Å²) in [4.78, 5) is 31.0. The molecule has 1 saturated carbocycles. The lowest BCUT2D eigenvalue weighted by molar-refractivity contribution is -0.129. The summed E-state index contributed by atoms with van der Waals surface area (Å²) in [5.41, 5.74) is 1.30. The van der Waals surface area contributed by atoms with Crippen LogP contribution in [0.15, 0.2) is 48.8 Å². The molecule has 1 atom stereocenters. The molecule has 6 heteroatoms. The molecule has 1 saturated heterocycles. The predicted octanol–water partition coefficient (Wildman–Crippen LogP) is 3.20. The van der Waals surface area contributed by atoms with Gasteiger partial charge in [-0.05, 0) is 36.1 Å². The number of likely N-dealkylation sites (tertiary alicyclic amines) is 1. The van der Waals surface area contributed by atoms with Crippen LogP contribution in [0.5, 0.6) is 0 Å². The number of pyridine rings is 1. The van der Waals surface area contributed by atoms with Crippen LogP contribution in [0, 0.1) is 11.7 Å². The molecule has 152 valence electrons. The number of nitrogens with one attached hydrogen (secondary N) is 1. The maximum atomic E-state index is 14.5. The Hall–Kier alpha value is -2.76. The van der Waals surface area contributed by atoms with Crippen LogP contribution in [0.1, 0.15) is 43.2 Å². The first-order valence-electron chi connectivity index (χ1n) is 10.3. The number of hydrogen-bond donors (Lipinski definition) is 1. The summed E-state index contributed by atoms with van der Waals surface area (Å²) in [6.45, 7) is 1.29. The molecule has 0 bridgehead atoms. The van der Waals surface area contributed by atoms with Crippen molar-refractivity contribution in [3.63, 3.8) is 0 Å². The number of carbonyl (C=O) groups is 2. The summed E-state index contributed by atoms with van der Waals surface area (Å²) in [5.74, 6) is -0.700. The van der Waals surface area contributed by atoms with Crippen molar-refractivity contribution in [3.05, 3.63) is 65.7 Å². The van der Waals surface area contributed by atoms with Crippen LogP contribution in [0.25, 0.3) is 0 Å². The second-order valence-electron chi connectivity index (χ2n) is 8.22. The van der Waals surface area contributed by atoms with Crippen molar-refractivity contribution in [2.45, 2.75) is 44.1 Å². The van der Waals surface area contributed by atoms with E-state index in [1.165, 1.54) is 6.07 Å². The van der Waals surface area contributed by atoms with Crippen LogP contribution in [-0.4, -0.2) is 34.8 Å². The molecule has 2 heterocycles. The highest BCUT2D eigenvalue weighted by atomic mass is 19.1. The first-order chi connectivity index (χ1) is 14.1. The van der Waals surface area contributed by atoms with E-state index in [0.29, 0.717) is 25.2 Å². The van der Waals surface area contributed by atoms with Gasteiger partial charge in [-0.1, -0.05) is 37.1 Å². The number of amides is 2. The van der Waals surface area contributed by atoms with Gasteiger partial charge in [-0.2, -0.15) is 0 Å². The maximum absolute atomic E-state index is 14.5.